The minimum absolute atomic E-state index is 0.275. The second kappa shape index (κ2) is 5.92. The number of morpholine rings is 1. The molecule has 82 valence electrons. The van der Waals surface area contributed by atoms with Crippen molar-refractivity contribution in [3.8, 4) is 0 Å². The third-order valence-electron chi connectivity index (χ3n) is 2.01. The lowest BCUT2D eigenvalue weighted by Gasteiger charge is -2.24. The topological polar surface area (TPSA) is 90.8 Å². The van der Waals surface area contributed by atoms with Crippen LogP contribution in [0.3, 0.4) is 0 Å². The summed E-state index contributed by atoms with van der Waals surface area (Å²) in [5, 5.41) is 23.0. The van der Waals surface area contributed by atoms with Crippen molar-refractivity contribution in [2.75, 3.05) is 32.9 Å². The largest absolute Gasteiger partial charge is 0.394 e. The van der Waals surface area contributed by atoms with Gasteiger partial charge in [0.05, 0.1) is 25.9 Å². The highest BCUT2D eigenvalue weighted by Crippen LogP contribution is 1.96. The summed E-state index contributed by atoms with van der Waals surface area (Å²) in [6.45, 7) is 1.16. The first-order valence-corrected chi connectivity index (χ1v) is 4.62. The molecule has 6 nitrogen and oxygen atoms in total. The molecule has 0 bridgehead atoms. The van der Waals surface area contributed by atoms with Crippen LogP contribution in [0.1, 0.15) is 0 Å². The molecule has 6 heteroatoms. The van der Waals surface area contributed by atoms with E-state index in [0.717, 1.165) is 6.54 Å². The van der Waals surface area contributed by atoms with Crippen LogP contribution in [-0.4, -0.2) is 61.2 Å². The van der Waals surface area contributed by atoms with Crippen molar-refractivity contribution in [2.24, 2.45) is 0 Å². The summed E-state index contributed by atoms with van der Waals surface area (Å²) < 4.78 is 5.19. The van der Waals surface area contributed by atoms with Gasteiger partial charge in [0, 0.05) is 13.1 Å². The molecule has 0 saturated carbocycles. The first-order chi connectivity index (χ1) is 6.77. The molecule has 1 aliphatic rings. The molecule has 1 amide bonds. The molecule has 1 saturated heterocycles. The van der Waals surface area contributed by atoms with E-state index in [1.54, 1.807) is 0 Å². The monoisotopic (exact) mass is 204 g/mol. The molecule has 4 N–H and O–H groups in total. The maximum Gasteiger partial charge on any atom is 0.250 e. The van der Waals surface area contributed by atoms with Crippen molar-refractivity contribution in [3.63, 3.8) is 0 Å². The van der Waals surface area contributed by atoms with Gasteiger partial charge < -0.3 is 25.6 Å². The first-order valence-electron chi connectivity index (χ1n) is 4.62. The summed E-state index contributed by atoms with van der Waals surface area (Å²) in [6, 6.07) is -0.604. The van der Waals surface area contributed by atoms with Crippen molar-refractivity contribution in [3.05, 3.63) is 0 Å². The number of ether oxygens (including phenoxy) is 1. The molecule has 0 spiro atoms. The lowest BCUT2D eigenvalue weighted by atomic mass is 10.2. The average Bonchev–Trinajstić information content (AvgIpc) is 2.26. The molecule has 1 fully saturated rings. The van der Waals surface area contributed by atoms with Crippen LogP contribution in [-0.2, 0) is 9.53 Å². The predicted octanol–water partition coefficient (Wildman–Crippen LogP) is -2.56. The summed E-state index contributed by atoms with van der Waals surface area (Å²) in [7, 11) is 0. The highest BCUT2D eigenvalue weighted by molar-refractivity contribution is 5.81. The van der Waals surface area contributed by atoms with E-state index in [9.17, 15) is 4.79 Å². The molecule has 0 radical (unpaired) electrons. The molecule has 0 aromatic rings. The van der Waals surface area contributed by atoms with Crippen molar-refractivity contribution in [1.82, 2.24) is 10.6 Å². The van der Waals surface area contributed by atoms with E-state index in [-0.39, 0.29) is 19.1 Å². The molecule has 0 aliphatic carbocycles. The summed E-state index contributed by atoms with van der Waals surface area (Å²) >= 11 is 0. The quantitative estimate of drug-likeness (QED) is 0.404. The molecule has 1 rings (SSSR count). The summed E-state index contributed by atoms with van der Waals surface area (Å²) in [6.07, 6.45) is -0.524. The van der Waals surface area contributed by atoms with Gasteiger partial charge in [-0.15, -0.1) is 0 Å². The Labute approximate surface area is 82.3 Å². The first kappa shape index (κ1) is 11.4. The van der Waals surface area contributed by atoms with Crippen molar-refractivity contribution < 1.29 is 19.7 Å². The molecule has 1 heterocycles. The Balaban J connectivity index is 2.32. The van der Waals surface area contributed by atoms with E-state index in [4.69, 9.17) is 14.9 Å². The van der Waals surface area contributed by atoms with Crippen LogP contribution in [0.15, 0.2) is 0 Å². The summed E-state index contributed by atoms with van der Waals surface area (Å²) in [5.41, 5.74) is 0. The Hall–Kier alpha value is -0.690. The van der Waals surface area contributed by atoms with E-state index >= 15 is 0 Å². The number of nitrogens with one attached hydrogen (secondary N) is 2. The number of aliphatic hydroxyl groups is 2. The molecule has 0 aromatic heterocycles. The smallest absolute Gasteiger partial charge is 0.250 e. The van der Waals surface area contributed by atoms with Gasteiger partial charge in [-0.25, -0.2) is 0 Å². The zero-order chi connectivity index (χ0) is 10.4. The Morgan fingerprint density at radius 2 is 2.29 bits per heavy atom. The normalized spacial score (nSPS) is 22.4. The zero-order valence-corrected chi connectivity index (χ0v) is 7.90. The van der Waals surface area contributed by atoms with Gasteiger partial charge in [-0.1, -0.05) is 0 Å². The molecule has 1 atom stereocenters. The van der Waals surface area contributed by atoms with Gasteiger partial charge in [0.1, 0.15) is 6.10 Å². The maximum absolute atomic E-state index is 11.4. The fourth-order valence-corrected chi connectivity index (χ4v) is 1.18. The SMILES string of the molecule is O=C(NC(CO)CO)C1CNCCO1. The van der Waals surface area contributed by atoms with Gasteiger partial charge in [-0.2, -0.15) is 0 Å². The van der Waals surface area contributed by atoms with Gasteiger partial charge in [-0.05, 0) is 0 Å². The number of aliphatic hydroxyl groups excluding tert-OH is 2. The number of hydrogen-bond acceptors (Lipinski definition) is 5. The van der Waals surface area contributed by atoms with Gasteiger partial charge in [0.25, 0.3) is 5.91 Å². The fraction of sp³-hybridized carbons (Fsp3) is 0.875. The number of carbonyl (C=O) groups excluding carboxylic acids is 1. The Morgan fingerprint density at radius 3 is 2.79 bits per heavy atom. The van der Waals surface area contributed by atoms with Crippen molar-refractivity contribution >= 4 is 5.91 Å². The number of carbonyl (C=O) groups is 1. The van der Waals surface area contributed by atoms with E-state index in [2.05, 4.69) is 10.6 Å². The molecule has 14 heavy (non-hydrogen) atoms. The van der Waals surface area contributed by atoms with Gasteiger partial charge in [0.2, 0.25) is 0 Å². The van der Waals surface area contributed by atoms with Crippen LogP contribution in [0.2, 0.25) is 0 Å². The number of amides is 1. The maximum atomic E-state index is 11.4. The fourth-order valence-electron chi connectivity index (χ4n) is 1.18. The minimum atomic E-state index is -0.604. The predicted molar refractivity (Wildman–Crippen MR) is 48.7 cm³/mol. The van der Waals surface area contributed by atoms with Gasteiger partial charge in [-0.3, -0.25) is 4.79 Å². The molecule has 1 aliphatic heterocycles. The number of hydrogen-bond donors (Lipinski definition) is 4. The number of rotatable bonds is 4. The molecule has 1 unspecified atom stereocenters. The highest BCUT2D eigenvalue weighted by atomic mass is 16.5. The Kier molecular flexibility index (Phi) is 4.81. The van der Waals surface area contributed by atoms with Crippen molar-refractivity contribution in [1.29, 1.82) is 0 Å². The van der Waals surface area contributed by atoms with Crippen molar-refractivity contribution in [2.45, 2.75) is 12.1 Å². The van der Waals surface area contributed by atoms with Crippen LogP contribution >= 0.6 is 0 Å². The van der Waals surface area contributed by atoms with Gasteiger partial charge >= 0.3 is 0 Å². The lowest BCUT2D eigenvalue weighted by molar-refractivity contribution is -0.135. The van der Waals surface area contributed by atoms with E-state index in [1.165, 1.54) is 0 Å². The summed E-state index contributed by atoms with van der Waals surface area (Å²) in [4.78, 5) is 11.4. The second-order valence-electron chi connectivity index (χ2n) is 3.13. The van der Waals surface area contributed by atoms with Gasteiger partial charge in [0.15, 0.2) is 0 Å². The van der Waals surface area contributed by atoms with Crippen LogP contribution in [0, 0.1) is 0 Å². The Bertz CT molecular complexity index is 178. The third kappa shape index (κ3) is 3.22. The summed E-state index contributed by atoms with van der Waals surface area (Å²) in [5.74, 6) is -0.301. The van der Waals surface area contributed by atoms with Crippen LogP contribution in [0.4, 0.5) is 0 Å². The minimum Gasteiger partial charge on any atom is -0.394 e. The standard InChI is InChI=1S/C8H16N2O4/c11-4-6(5-12)10-8(13)7-3-9-1-2-14-7/h6-7,9,11-12H,1-5H2,(H,10,13). The molecule has 0 aromatic carbocycles. The van der Waals surface area contributed by atoms with Crippen LogP contribution in [0.5, 0.6) is 0 Å². The lowest BCUT2D eigenvalue weighted by Crippen LogP contribution is -2.51. The molecular formula is C8H16N2O4. The van der Waals surface area contributed by atoms with Crippen LogP contribution < -0.4 is 10.6 Å². The average molecular weight is 204 g/mol. The molecular weight excluding hydrogens is 188 g/mol. The highest BCUT2D eigenvalue weighted by Gasteiger charge is 2.23. The third-order valence-corrected chi connectivity index (χ3v) is 2.01. The van der Waals surface area contributed by atoms with E-state index in [0.29, 0.717) is 13.2 Å². The van der Waals surface area contributed by atoms with E-state index in [1.807, 2.05) is 0 Å². The van der Waals surface area contributed by atoms with Crippen LogP contribution in [0.25, 0.3) is 0 Å². The Morgan fingerprint density at radius 1 is 1.57 bits per heavy atom. The zero-order valence-electron chi connectivity index (χ0n) is 7.90. The second-order valence-corrected chi connectivity index (χ2v) is 3.13. The van der Waals surface area contributed by atoms with E-state index < -0.39 is 12.1 Å².